The Kier molecular flexibility index (Phi) is 5.43. The van der Waals surface area contributed by atoms with Gasteiger partial charge in [0.15, 0.2) is 17.7 Å². The fourth-order valence-electron chi connectivity index (χ4n) is 3.26. The van der Waals surface area contributed by atoms with Crippen molar-refractivity contribution >= 4 is 21.9 Å². The standard InChI is InChI=1S/C18H24BrNO6/c1-10(21)23-15(12-9-22-17(2,3)24-12)16-14(25-18(4,5)26-16)11-7-6-8-13(19)20-11/h6-8,12,14-16H,9H2,1-5H3/t12-,14+,15+,16-/m0/s1. The van der Waals surface area contributed by atoms with Crippen LogP contribution in [-0.2, 0) is 28.5 Å². The Bertz CT molecular complexity index is 679. The van der Waals surface area contributed by atoms with Crippen molar-refractivity contribution in [1.82, 2.24) is 4.98 Å². The van der Waals surface area contributed by atoms with E-state index >= 15 is 0 Å². The largest absolute Gasteiger partial charge is 0.457 e. The topological polar surface area (TPSA) is 76.1 Å². The molecule has 0 aliphatic carbocycles. The molecule has 26 heavy (non-hydrogen) atoms. The Labute approximate surface area is 161 Å². The zero-order chi connectivity index (χ0) is 19.1. The molecule has 7 nitrogen and oxygen atoms in total. The molecule has 1 aromatic rings. The van der Waals surface area contributed by atoms with E-state index in [0.717, 1.165) is 0 Å². The third kappa shape index (κ3) is 4.43. The molecule has 1 aromatic heterocycles. The van der Waals surface area contributed by atoms with Crippen molar-refractivity contribution in [3.63, 3.8) is 0 Å². The number of hydrogen-bond acceptors (Lipinski definition) is 7. The number of aromatic nitrogens is 1. The SMILES string of the molecule is CC(=O)O[C@@H]([C@H]1OC(C)(C)O[C@@H]1c1cccc(Br)n1)[C@@H]1COC(C)(C)O1. The van der Waals surface area contributed by atoms with Crippen LogP contribution in [0, 0.1) is 0 Å². The monoisotopic (exact) mass is 429 g/mol. The highest BCUT2D eigenvalue weighted by atomic mass is 79.9. The molecule has 3 heterocycles. The lowest BCUT2D eigenvalue weighted by Gasteiger charge is -2.30. The molecule has 2 aliphatic heterocycles. The molecular weight excluding hydrogens is 406 g/mol. The minimum Gasteiger partial charge on any atom is -0.457 e. The lowest BCUT2D eigenvalue weighted by molar-refractivity contribution is -0.193. The number of hydrogen-bond donors (Lipinski definition) is 0. The lowest BCUT2D eigenvalue weighted by Crippen LogP contribution is -2.45. The molecule has 3 rings (SSSR count). The first-order valence-electron chi connectivity index (χ1n) is 8.53. The molecule has 8 heteroatoms. The normalized spacial score (nSPS) is 30.9. The van der Waals surface area contributed by atoms with E-state index in [1.54, 1.807) is 0 Å². The second-order valence-corrected chi connectivity index (χ2v) is 8.16. The van der Waals surface area contributed by atoms with Gasteiger partial charge >= 0.3 is 5.97 Å². The highest BCUT2D eigenvalue weighted by Crippen LogP contribution is 2.42. The maximum absolute atomic E-state index is 11.7. The smallest absolute Gasteiger partial charge is 0.303 e. The van der Waals surface area contributed by atoms with Gasteiger partial charge in [0.2, 0.25) is 0 Å². The fraction of sp³-hybridized carbons (Fsp3) is 0.667. The quantitative estimate of drug-likeness (QED) is 0.537. The second-order valence-electron chi connectivity index (χ2n) is 7.35. The number of ether oxygens (including phenoxy) is 5. The highest BCUT2D eigenvalue weighted by Gasteiger charge is 2.52. The van der Waals surface area contributed by atoms with Gasteiger partial charge in [0.25, 0.3) is 0 Å². The third-order valence-electron chi connectivity index (χ3n) is 4.18. The van der Waals surface area contributed by atoms with E-state index < -0.39 is 42.0 Å². The van der Waals surface area contributed by atoms with Crippen LogP contribution in [0.5, 0.6) is 0 Å². The molecule has 4 atom stereocenters. The molecule has 0 radical (unpaired) electrons. The van der Waals surface area contributed by atoms with Crippen molar-refractivity contribution in [2.24, 2.45) is 0 Å². The molecule has 0 bridgehead atoms. The number of nitrogens with zero attached hydrogens (tertiary/aromatic N) is 1. The summed E-state index contributed by atoms with van der Waals surface area (Å²) in [5.41, 5.74) is 0.685. The maximum atomic E-state index is 11.7. The average Bonchev–Trinajstić information content (AvgIpc) is 3.03. The number of rotatable bonds is 4. The molecule has 0 unspecified atom stereocenters. The molecular formula is C18H24BrNO6. The summed E-state index contributed by atoms with van der Waals surface area (Å²) in [5, 5.41) is 0. The van der Waals surface area contributed by atoms with Crippen LogP contribution in [0.2, 0.25) is 0 Å². The first-order chi connectivity index (χ1) is 12.1. The maximum Gasteiger partial charge on any atom is 0.303 e. The zero-order valence-electron chi connectivity index (χ0n) is 15.5. The van der Waals surface area contributed by atoms with Gasteiger partial charge in [0, 0.05) is 6.92 Å². The molecule has 0 spiro atoms. The van der Waals surface area contributed by atoms with Gasteiger partial charge in [-0.05, 0) is 55.8 Å². The summed E-state index contributed by atoms with van der Waals surface area (Å²) in [4.78, 5) is 16.2. The first-order valence-corrected chi connectivity index (χ1v) is 9.33. The van der Waals surface area contributed by atoms with Crippen molar-refractivity contribution < 1.29 is 28.5 Å². The van der Waals surface area contributed by atoms with Crippen molar-refractivity contribution in [1.29, 1.82) is 0 Å². The summed E-state index contributed by atoms with van der Waals surface area (Å²) in [5.74, 6) is -2.02. The molecule has 0 amide bonds. The summed E-state index contributed by atoms with van der Waals surface area (Å²) in [7, 11) is 0. The minimum absolute atomic E-state index is 0.296. The molecule has 0 N–H and O–H groups in total. The van der Waals surface area contributed by atoms with Crippen molar-refractivity contribution in [3.05, 3.63) is 28.5 Å². The predicted molar refractivity (Wildman–Crippen MR) is 95.2 cm³/mol. The number of carbonyl (C=O) groups is 1. The van der Waals surface area contributed by atoms with Crippen LogP contribution in [0.1, 0.15) is 46.4 Å². The van der Waals surface area contributed by atoms with Crippen LogP contribution < -0.4 is 0 Å². The predicted octanol–water partition coefficient (Wildman–Crippen LogP) is 3.12. The average molecular weight is 430 g/mol. The lowest BCUT2D eigenvalue weighted by atomic mass is 10.0. The Hall–Kier alpha value is -1.06. The Morgan fingerprint density at radius 2 is 1.96 bits per heavy atom. The first kappa shape index (κ1) is 19.7. The third-order valence-corrected chi connectivity index (χ3v) is 4.62. The van der Waals surface area contributed by atoms with E-state index in [2.05, 4.69) is 20.9 Å². The Balaban J connectivity index is 1.93. The van der Waals surface area contributed by atoms with Crippen LogP contribution in [0.3, 0.4) is 0 Å². The summed E-state index contributed by atoms with van der Waals surface area (Å²) in [6, 6.07) is 5.56. The Morgan fingerprint density at radius 3 is 2.54 bits per heavy atom. The number of pyridine rings is 1. The number of halogens is 1. The van der Waals surface area contributed by atoms with Gasteiger partial charge in [0.1, 0.15) is 22.9 Å². The summed E-state index contributed by atoms with van der Waals surface area (Å²) in [6.07, 6.45) is -2.26. The van der Waals surface area contributed by atoms with Gasteiger partial charge in [-0.2, -0.15) is 0 Å². The molecule has 144 valence electrons. The highest BCUT2D eigenvalue weighted by molar-refractivity contribution is 9.10. The van der Waals surface area contributed by atoms with Crippen LogP contribution in [-0.4, -0.2) is 47.4 Å². The van der Waals surface area contributed by atoms with E-state index in [4.69, 9.17) is 23.7 Å². The number of carbonyl (C=O) groups excluding carboxylic acids is 1. The van der Waals surface area contributed by atoms with E-state index in [1.165, 1.54) is 6.92 Å². The van der Waals surface area contributed by atoms with E-state index in [1.807, 2.05) is 45.9 Å². The summed E-state index contributed by atoms with van der Waals surface area (Å²) in [6.45, 7) is 8.94. The molecule has 0 saturated carbocycles. The van der Waals surface area contributed by atoms with Crippen molar-refractivity contribution in [2.45, 2.75) is 70.6 Å². The second kappa shape index (κ2) is 7.16. The molecule has 2 fully saturated rings. The van der Waals surface area contributed by atoms with E-state index in [-0.39, 0.29) is 0 Å². The minimum atomic E-state index is -0.854. The van der Waals surface area contributed by atoms with Gasteiger partial charge < -0.3 is 23.7 Å². The Morgan fingerprint density at radius 1 is 1.23 bits per heavy atom. The van der Waals surface area contributed by atoms with Gasteiger partial charge in [-0.15, -0.1) is 0 Å². The van der Waals surface area contributed by atoms with Crippen LogP contribution >= 0.6 is 15.9 Å². The van der Waals surface area contributed by atoms with Gasteiger partial charge in [0.05, 0.1) is 12.3 Å². The van der Waals surface area contributed by atoms with Crippen molar-refractivity contribution in [3.8, 4) is 0 Å². The van der Waals surface area contributed by atoms with Crippen LogP contribution in [0.25, 0.3) is 0 Å². The zero-order valence-corrected chi connectivity index (χ0v) is 17.1. The van der Waals surface area contributed by atoms with Crippen LogP contribution in [0.4, 0.5) is 0 Å². The van der Waals surface area contributed by atoms with E-state index in [0.29, 0.717) is 16.9 Å². The van der Waals surface area contributed by atoms with Crippen molar-refractivity contribution in [2.75, 3.05) is 6.61 Å². The number of esters is 1. The molecule has 0 aromatic carbocycles. The van der Waals surface area contributed by atoms with E-state index in [9.17, 15) is 4.79 Å². The van der Waals surface area contributed by atoms with Crippen LogP contribution in [0.15, 0.2) is 22.8 Å². The summed E-state index contributed by atoms with van der Waals surface area (Å²) < 4.78 is 30.1. The van der Waals surface area contributed by atoms with Gasteiger partial charge in [-0.25, -0.2) is 4.98 Å². The molecule has 2 saturated heterocycles. The van der Waals surface area contributed by atoms with Gasteiger partial charge in [-0.1, -0.05) is 6.07 Å². The van der Waals surface area contributed by atoms with Gasteiger partial charge in [-0.3, -0.25) is 4.79 Å². The summed E-state index contributed by atoms with van der Waals surface area (Å²) >= 11 is 3.38. The molecule has 2 aliphatic rings. The fourth-order valence-corrected chi connectivity index (χ4v) is 3.62.